The van der Waals surface area contributed by atoms with Crippen LogP contribution in [0, 0.1) is 0 Å². The molecule has 0 radical (unpaired) electrons. The number of fused-ring (bicyclic) bond motifs is 1. The Morgan fingerprint density at radius 3 is 2.37 bits per heavy atom. The molecule has 0 saturated carbocycles. The number of rotatable bonds is 6. The maximum Gasteiger partial charge on any atom is 0.158 e. The van der Waals surface area contributed by atoms with Gasteiger partial charge in [0.1, 0.15) is 5.75 Å². The number of hydrogen-bond acceptors (Lipinski definition) is 5. The molecule has 0 aliphatic rings. The van der Waals surface area contributed by atoms with Crippen molar-refractivity contribution in [1.82, 2.24) is 9.97 Å². The van der Waals surface area contributed by atoms with Gasteiger partial charge in [-0.3, -0.25) is 5.43 Å². The van der Waals surface area contributed by atoms with E-state index in [4.69, 9.17) is 16.3 Å². The molecule has 30 heavy (non-hydrogen) atoms. The molecule has 1 heterocycles. The molecule has 3 aromatic carbocycles. The average Bonchev–Trinajstić information content (AvgIpc) is 2.79. The second-order valence-corrected chi connectivity index (χ2v) is 6.91. The third-order valence-corrected chi connectivity index (χ3v) is 4.67. The summed E-state index contributed by atoms with van der Waals surface area (Å²) < 4.78 is 5.19. The number of para-hydroxylation sites is 1. The van der Waals surface area contributed by atoms with Gasteiger partial charge in [0.05, 0.1) is 18.8 Å². The number of anilines is 1. The normalized spacial score (nSPS) is 11.4. The monoisotopic (exact) mass is 414 g/mol. The quantitative estimate of drug-likeness (QED) is 0.315. The Morgan fingerprint density at radius 1 is 0.867 bits per heavy atom. The van der Waals surface area contributed by atoms with Crippen molar-refractivity contribution >= 4 is 46.7 Å². The van der Waals surface area contributed by atoms with E-state index in [1.165, 1.54) is 0 Å². The fourth-order valence-electron chi connectivity index (χ4n) is 2.86. The van der Waals surface area contributed by atoms with E-state index in [1.54, 1.807) is 13.3 Å². The van der Waals surface area contributed by atoms with Gasteiger partial charge < -0.3 is 4.74 Å². The van der Waals surface area contributed by atoms with E-state index in [0.29, 0.717) is 16.7 Å². The number of methoxy groups -OCH3 is 1. The molecule has 148 valence electrons. The van der Waals surface area contributed by atoms with Gasteiger partial charge in [-0.05, 0) is 53.6 Å². The van der Waals surface area contributed by atoms with Crippen LogP contribution in [0.5, 0.6) is 5.75 Å². The lowest BCUT2D eigenvalue weighted by atomic mass is 10.2. The van der Waals surface area contributed by atoms with Gasteiger partial charge in [-0.2, -0.15) is 5.10 Å². The Bertz CT molecular complexity index is 1200. The topological polar surface area (TPSA) is 59.4 Å². The molecular formula is C24H19ClN4O. The molecule has 4 rings (SSSR count). The predicted octanol–water partition coefficient (Wildman–Crippen LogP) is 5.91. The van der Waals surface area contributed by atoms with E-state index in [0.717, 1.165) is 27.8 Å². The van der Waals surface area contributed by atoms with Gasteiger partial charge >= 0.3 is 0 Å². The van der Waals surface area contributed by atoms with Crippen molar-refractivity contribution in [2.75, 3.05) is 12.5 Å². The molecule has 4 aromatic rings. The number of nitrogens with one attached hydrogen (secondary N) is 1. The molecule has 0 bridgehead atoms. The summed E-state index contributed by atoms with van der Waals surface area (Å²) in [5.74, 6) is 2.05. The SMILES string of the molecule is COc1ccc(/C=C/c2nc(N/N=C/c3ccc(Cl)cc3)c3ccccc3n2)cc1. The predicted molar refractivity (Wildman–Crippen MR) is 124 cm³/mol. The van der Waals surface area contributed by atoms with Gasteiger partial charge in [0.15, 0.2) is 11.6 Å². The first-order chi connectivity index (χ1) is 14.7. The summed E-state index contributed by atoms with van der Waals surface area (Å²) in [5, 5.41) is 5.91. The second kappa shape index (κ2) is 9.20. The van der Waals surface area contributed by atoms with Crippen LogP contribution in [0.4, 0.5) is 5.82 Å². The van der Waals surface area contributed by atoms with Crippen molar-refractivity contribution in [2.24, 2.45) is 5.10 Å². The van der Waals surface area contributed by atoms with Crippen molar-refractivity contribution in [3.05, 3.63) is 94.8 Å². The van der Waals surface area contributed by atoms with Crippen molar-refractivity contribution < 1.29 is 4.74 Å². The Morgan fingerprint density at radius 2 is 1.60 bits per heavy atom. The fraction of sp³-hybridized carbons (Fsp3) is 0.0417. The van der Waals surface area contributed by atoms with Crippen molar-refractivity contribution in [1.29, 1.82) is 0 Å². The molecule has 5 nitrogen and oxygen atoms in total. The molecule has 6 heteroatoms. The van der Waals surface area contributed by atoms with Crippen LogP contribution in [-0.4, -0.2) is 23.3 Å². The van der Waals surface area contributed by atoms with E-state index in [1.807, 2.05) is 84.9 Å². The van der Waals surface area contributed by atoms with Crippen molar-refractivity contribution in [3.8, 4) is 5.75 Å². The van der Waals surface area contributed by atoms with Crippen molar-refractivity contribution in [2.45, 2.75) is 0 Å². The molecular weight excluding hydrogens is 396 g/mol. The number of benzene rings is 3. The maximum atomic E-state index is 5.92. The minimum atomic E-state index is 0.591. The summed E-state index contributed by atoms with van der Waals surface area (Å²) in [6.07, 6.45) is 5.56. The van der Waals surface area contributed by atoms with Crippen LogP contribution in [0.1, 0.15) is 17.0 Å². The number of aromatic nitrogens is 2. The molecule has 0 amide bonds. The summed E-state index contributed by atoms with van der Waals surface area (Å²) >= 11 is 5.92. The lowest BCUT2D eigenvalue weighted by Crippen LogP contribution is -1.99. The second-order valence-electron chi connectivity index (χ2n) is 6.48. The molecule has 0 saturated heterocycles. The number of nitrogens with zero attached hydrogens (tertiary/aromatic N) is 3. The molecule has 0 spiro atoms. The summed E-state index contributed by atoms with van der Waals surface area (Å²) in [4.78, 5) is 9.26. The molecule has 0 aliphatic heterocycles. The van der Waals surface area contributed by atoms with Crippen LogP contribution >= 0.6 is 11.6 Å². The lowest BCUT2D eigenvalue weighted by molar-refractivity contribution is 0.415. The van der Waals surface area contributed by atoms with Crippen LogP contribution in [0.15, 0.2) is 77.9 Å². The van der Waals surface area contributed by atoms with E-state index in [2.05, 4.69) is 20.5 Å². The Kier molecular flexibility index (Phi) is 6.01. The molecule has 1 N–H and O–H groups in total. The first-order valence-electron chi connectivity index (χ1n) is 9.35. The molecule has 0 unspecified atom stereocenters. The molecule has 0 aliphatic carbocycles. The first-order valence-corrected chi connectivity index (χ1v) is 9.72. The summed E-state index contributed by atoms with van der Waals surface area (Å²) in [6.45, 7) is 0. The maximum absolute atomic E-state index is 5.92. The standard InChI is InChI=1S/C24H19ClN4O/c1-30-20-13-8-17(9-14-20)10-15-23-27-22-5-3-2-4-21(22)24(28-23)29-26-16-18-6-11-19(25)12-7-18/h2-16H,1H3,(H,27,28,29)/b15-10+,26-16+. The van der Waals surface area contributed by atoms with E-state index >= 15 is 0 Å². The highest BCUT2D eigenvalue weighted by molar-refractivity contribution is 6.30. The zero-order valence-corrected chi connectivity index (χ0v) is 17.0. The Labute approximate surface area is 179 Å². The van der Waals surface area contributed by atoms with Gasteiger partial charge in [0, 0.05) is 10.4 Å². The van der Waals surface area contributed by atoms with E-state index in [9.17, 15) is 0 Å². The Hall–Kier alpha value is -3.70. The number of hydrazone groups is 1. The number of ether oxygens (including phenoxy) is 1. The number of hydrogen-bond donors (Lipinski definition) is 1. The minimum Gasteiger partial charge on any atom is -0.497 e. The lowest BCUT2D eigenvalue weighted by Gasteiger charge is -2.06. The highest BCUT2D eigenvalue weighted by Crippen LogP contribution is 2.21. The summed E-state index contributed by atoms with van der Waals surface area (Å²) in [7, 11) is 1.65. The van der Waals surface area contributed by atoms with Crippen LogP contribution in [-0.2, 0) is 0 Å². The van der Waals surface area contributed by atoms with Gasteiger partial charge in [-0.25, -0.2) is 9.97 Å². The van der Waals surface area contributed by atoms with Gasteiger partial charge in [-0.15, -0.1) is 0 Å². The zero-order chi connectivity index (χ0) is 20.8. The third kappa shape index (κ3) is 4.82. The van der Waals surface area contributed by atoms with Gasteiger partial charge in [0.25, 0.3) is 0 Å². The number of halogens is 1. The van der Waals surface area contributed by atoms with Gasteiger partial charge in [-0.1, -0.05) is 54.1 Å². The van der Waals surface area contributed by atoms with Crippen LogP contribution in [0.25, 0.3) is 23.1 Å². The van der Waals surface area contributed by atoms with E-state index < -0.39 is 0 Å². The zero-order valence-electron chi connectivity index (χ0n) is 16.3. The van der Waals surface area contributed by atoms with Crippen LogP contribution in [0.2, 0.25) is 5.02 Å². The fourth-order valence-corrected chi connectivity index (χ4v) is 2.98. The van der Waals surface area contributed by atoms with Crippen LogP contribution in [0.3, 0.4) is 0 Å². The largest absolute Gasteiger partial charge is 0.497 e. The minimum absolute atomic E-state index is 0.591. The highest BCUT2D eigenvalue weighted by atomic mass is 35.5. The highest BCUT2D eigenvalue weighted by Gasteiger charge is 2.05. The molecule has 0 atom stereocenters. The van der Waals surface area contributed by atoms with Crippen molar-refractivity contribution in [3.63, 3.8) is 0 Å². The smallest absolute Gasteiger partial charge is 0.158 e. The van der Waals surface area contributed by atoms with E-state index in [-0.39, 0.29) is 0 Å². The molecule has 0 fully saturated rings. The summed E-state index contributed by atoms with van der Waals surface area (Å²) in [6, 6.07) is 23.1. The van der Waals surface area contributed by atoms with Gasteiger partial charge in [0.2, 0.25) is 0 Å². The average molecular weight is 415 g/mol. The molecule has 1 aromatic heterocycles. The Balaban J connectivity index is 1.60. The summed E-state index contributed by atoms with van der Waals surface area (Å²) in [5.41, 5.74) is 5.84. The third-order valence-electron chi connectivity index (χ3n) is 4.42. The van der Waals surface area contributed by atoms with Crippen LogP contribution < -0.4 is 10.2 Å². The first kappa shape index (κ1) is 19.6.